The standard InChI is InChI=1S/C16H26N4/c1-5-13(4)20-14(8-17)7-15(18)16(20)19-9-11(2)6-12(3)10-19/h7,11-13H,5-6,9-10,18H2,1-4H3/t11-,12+,13-/m1/s1. The zero-order valence-corrected chi connectivity index (χ0v) is 13.1. The van der Waals surface area contributed by atoms with Gasteiger partial charge in [0, 0.05) is 19.1 Å². The molecule has 0 saturated carbocycles. The van der Waals surface area contributed by atoms with Crippen molar-refractivity contribution in [3.63, 3.8) is 0 Å². The number of anilines is 2. The molecule has 2 rings (SSSR count). The van der Waals surface area contributed by atoms with E-state index in [-0.39, 0.29) is 0 Å². The quantitative estimate of drug-likeness (QED) is 0.919. The Kier molecular flexibility index (Phi) is 4.27. The summed E-state index contributed by atoms with van der Waals surface area (Å²) in [4.78, 5) is 2.38. The Morgan fingerprint density at radius 3 is 2.50 bits per heavy atom. The van der Waals surface area contributed by atoms with Gasteiger partial charge in [-0.05, 0) is 37.7 Å². The zero-order valence-electron chi connectivity index (χ0n) is 13.1. The van der Waals surface area contributed by atoms with E-state index in [1.807, 2.05) is 6.07 Å². The van der Waals surface area contributed by atoms with Crippen LogP contribution in [0.3, 0.4) is 0 Å². The van der Waals surface area contributed by atoms with E-state index in [0.29, 0.717) is 23.6 Å². The van der Waals surface area contributed by atoms with Crippen molar-refractivity contribution in [3.05, 3.63) is 11.8 Å². The average molecular weight is 274 g/mol. The van der Waals surface area contributed by atoms with E-state index in [1.54, 1.807) is 0 Å². The molecule has 20 heavy (non-hydrogen) atoms. The SMILES string of the molecule is CC[C@@H](C)n1c(C#N)cc(N)c1N1C[C@H](C)C[C@H](C)C1. The van der Waals surface area contributed by atoms with Crippen LogP contribution in [0, 0.1) is 23.2 Å². The van der Waals surface area contributed by atoms with Crippen LogP contribution in [-0.4, -0.2) is 17.7 Å². The van der Waals surface area contributed by atoms with Crippen molar-refractivity contribution in [2.24, 2.45) is 11.8 Å². The van der Waals surface area contributed by atoms with Gasteiger partial charge >= 0.3 is 0 Å². The molecule has 0 amide bonds. The minimum Gasteiger partial charge on any atom is -0.396 e. The van der Waals surface area contributed by atoms with Crippen molar-refractivity contribution >= 4 is 11.5 Å². The fraction of sp³-hybridized carbons (Fsp3) is 0.688. The molecule has 1 fully saturated rings. The van der Waals surface area contributed by atoms with Crippen LogP contribution in [0.25, 0.3) is 0 Å². The lowest BCUT2D eigenvalue weighted by Gasteiger charge is -2.38. The maximum atomic E-state index is 9.36. The maximum Gasteiger partial charge on any atom is 0.133 e. The summed E-state index contributed by atoms with van der Waals surface area (Å²) in [5, 5.41) is 9.36. The molecular formula is C16H26N4. The summed E-state index contributed by atoms with van der Waals surface area (Å²) in [5.41, 5.74) is 7.64. The van der Waals surface area contributed by atoms with Gasteiger partial charge in [-0.25, -0.2) is 0 Å². The number of aromatic nitrogens is 1. The molecule has 1 aliphatic rings. The van der Waals surface area contributed by atoms with Crippen LogP contribution >= 0.6 is 0 Å². The zero-order chi connectivity index (χ0) is 14.9. The summed E-state index contributed by atoms with van der Waals surface area (Å²) >= 11 is 0. The summed E-state index contributed by atoms with van der Waals surface area (Å²) < 4.78 is 2.13. The van der Waals surface area contributed by atoms with Gasteiger partial charge in [0.1, 0.15) is 17.6 Å². The molecule has 0 aromatic carbocycles. The van der Waals surface area contributed by atoms with E-state index in [1.165, 1.54) is 6.42 Å². The monoisotopic (exact) mass is 274 g/mol. The molecule has 1 aromatic rings. The molecule has 1 saturated heterocycles. The topological polar surface area (TPSA) is 58.0 Å². The van der Waals surface area contributed by atoms with Gasteiger partial charge in [0.25, 0.3) is 0 Å². The highest BCUT2D eigenvalue weighted by molar-refractivity contribution is 5.68. The molecular weight excluding hydrogens is 248 g/mol. The minimum absolute atomic E-state index is 0.296. The van der Waals surface area contributed by atoms with Gasteiger partial charge in [-0.15, -0.1) is 0 Å². The predicted molar refractivity (Wildman–Crippen MR) is 83.7 cm³/mol. The fourth-order valence-electron chi connectivity index (χ4n) is 3.42. The smallest absolute Gasteiger partial charge is 0.133 e. The van der Waals surface area contributed by atoms with Crippen LogP contribution < -0.4 is 10.6 Å². The first kappa shape index (κ1) is 14.8. The fourth-order valence-corrected chi connectivity index (χ4v) is 3.42. The maximum absolute atomic E-state index is 9.36. The summed E-state index contributed by atoms with van der Waals surface area (Å²) in [6.07, 6.45) is 2.26. The van der Waals surface area contributed by atoms with E-state index < -0.39 is 0 Å². The van der Waals surface area contributed by atoms with Crippen molar-refractivity contribution < 1.29 is 0 Å². The molecule has 0 aliphatic carbocycles. The molecule has 4 heteroatoms. The summed E-state index contributed by atoms with van der Waals surface area (Å²) in [5.74, 6) is 2.39. The normalized spacial score (nSPS) is 24.4. The Hall–Kier alpha value is -1.63. The summed E-state index contributed by atoms with van der Waals surface area (Å²) in [6, 6.07) is 4.41. The molecule has 0 spiro atoms. The van der Waals surface area contributed by atoms with Gasteiger partial charge in [0.2, 0.25) is 0 Å². The lowest BCUT2D eigenvalue weighted by molar-refractivity contribution is 0.351. The third-order valence-corrected chi connectivity index (χ3v) is 4.35. The van der Waals surface area contributed by atoms with Crippen molar-refractivity contribution in [1.29, 1.82) is 5.26 Å². The van der Waals surface area contributed by atoms with Crippen LogP contribution in [0.15, 0.2) is 6.07 Å². The Labute approximate surface area is 122 Å². The van der Waals surface area contributed by atoms with Crippen LogP contribution in [0.5, 0.6) is 0 Å². The van der Waals surface area contributed by atoms with Crippen LogP contribution in [0.1, 0.15) is 52.3 Å². The number of hydrogen-bond acceptors (Lipinski definition) is 3. The van der Waals surface area contributed by atoms with E-state index >= 15 is 0 Å². The molecule has 0 unspecified atom stereocenters. The molecule has 2 N–H and O–H groups in total. The largest absolute Gasteiger partial charge is 0.396 e. The molecule has 4 nitrogen and oxygen atoms in total. The molecule has 110 valence electrons. The third kappa shape index (κ3) is 2.63. The highest BCUT2D eigenvalue weighted by Gasteiger charge is 2.27. The van der Waals surface area contributed by atoms with Gasteiger partial charge < -0.3 is 15.2 Å². The second-order valence-electron chi connectivity index (χ2n) is 6.40. The Bertz CT molecular complexity index is 501. The molecule has 2 heterocycles. The van der Waals surface area contributed by atoms with Gasteiger partial charge in [-0.2, -0.15) is 5.26 Å². The first-order chi connectivity index (χ1) is 9.47. The Morgan fingerprint density at radius 1 is 1.40 bits per heavy atom. The number of nitrogen functional groups attached to an aromatic ring is 1. The minimum atomic E-state index is 0.296. The lowest BCUT2D eigenvalue weighted by Crippen LogP contribution is -2.40. The van der Waals surface area contributed by atoms with Gasteiger partial charge in [0.05, 0.1) is 5.69 Å². The Morgan fingerprint density at radius 2 is 2.00 bits per heavy atom. The Balaban J connectivity index is 2.45. The second-order valence-corrected chi connectivity index (χ2v) is 6.40. The first-order valence-corrected chi connectivity index (χ1v) is 7.63. The van der Waals surface area contributed by atoms with E-state index in [4.69, 9.17) is 5.73 Å². The third-order valence-electron chi connectivity index (χ3n) is 4.35. The number of piperidine rings is 1. The highest BCUT2D eigenvalue weighted by atomic mass is 15.3. The van der Waals surface area contributed by atoms with Gasteiger partial charge in [0.15, 0.2) is 0 Å². The van der Waals surface area contributed by atoms with Crippen molar-refractivity contribution in [1.82, 2.24) is 4.57 Å². The number of hydrogen-bond donors (Lipinski definition) is 1. The average Bonchev–Trinajstić information content (AvgIpc) is 2.73. The van der Waals surface area contributed by atoms with Crippen molar-refractivity contribution in [3.8, 4) is 6.07 Å². The number of nitriles is 1. The van der Waals surface area contributed by atoms with E-state index in [0.717, 1.165) is 31.0 Å². The van der Waals surface area contributed by atoms with E-state index in [2.05, 4.69) is 43.2 Å². The van der Waals surface area contributed by atoms with Gasteiger partial charge in [-0.3, -0.25) is 0 Å². The van der Waals surface area contributed by atoms with Crippen molar-refractivity contribution in [2.75, 3.05) is 23.7 Å². The summed E-state index contributed by atoms with van der Waals surface area (Å²) in [7, 11) is 0. The molecule has 1 aliphatic heterocycles. The number of rotatable bonds is 3. The molecule has 0 radical (unpaired) electrons. The summed E-state index contributed by atoms with van der Waals surface area (Å²) in [6.45, 7) is 10.9. The van der Waals surface area contributed by atoms with Crippen LogP contribution in [0.2, 0.25) is 0 Å². The second kappa shape index (κ2) is 5.78. The van der Waals surface area contributed by atoms with E-state index in [9.17, 15) is 5.26 Å². The number of nitrogens with two attached hydrogens (primary N) is 1. The first-order valence-electron chi connectivity index (χ1n) is 7.63. The molecule has 0 bridgehead atoms. The molecule has 3 atom stereocenters. The van der Waals surface area contributed by atoms with Crippen LogP contribution in [0.4, 0.5) is 11.5 Å². The van der Waals surface area contributed by atoms with Crippen LogP contribution in [-0.2, 0) is 0 Å². The predicted octanol–water partition coefficient (Wildman–Crippen LogP) is 3.40. The van der Waals surface area contributed by atoms with Crippen molar-refractivity contribution in [2.45, 2.75) is 46.6 Å². The van der Waals surface area contributed by atoms with Gasteiger partial charge in [-0.1, -0.05) is 20.8 Å². The lowest BCUT2D eigenvalue weighted by atomic mass is 9.92. The number of nitrogens with zero attached hydrogens (tertiary/aromatic N) is 3. The highest BCUT2D eigenvalue weighted by Crippen LogP contribution is 2.35. The molecule has 1 aromatic heterocycles.